The van der Waals surface area contributed by atoms with Gasteiger partial charge in [-0.15, -0.1) is 0 Å². The molecule has 1 aliphatic heterocycles. The Balaban J connectivity index is 1.67. The fraction of sp³-hybridized carbons (Fsp3) is 0.391. The van der Waals surface area contributed by atoms with Crippen LogP contribution in [0, 0.1) is 11.6 Å². The number of carbonyl (C=O) groups is 2. The van der Waals surface area contributed by atoms with Crippen LogP contribution in [0.2, 0.25) is 0 Å². The molecule has 2 aromatic rings. The highest BCUT2D eigenvalue weighted by atomic mass is 19.1. The summed E-state index contributed by atoms with van der Waals surface area (Å²) < 4.78 is 32.4. The second kappa shape index (κ2) is 9.98. The largest absolute Gasteiger partial charge is 0.389 e. The van der Waals surface area contributed by atoms with Gasteiger partial charge in [-0.05, 0) is 30.2 Å². The van der Waals surface area contributed by atoms with Crippen molar-refractivity contribution < 1.29 is 28.2 Å². The second-order valence-corrected chi connectivity index (χ2v) is 7.62. The summed E-state index contributed by atoms with van der Waals surface area (Å²) in [5.41, 5.74) is -0.456. The number of aliphatic hydroxyl groups excluding tert-OH is 1. The number of nitrogens with one attached hydrogen (secondary N) is 1. The molecule has 1 aliphatic rings. The second-order valence-electron chi connectivity index (χ2n) is 7.62. The fourth-order valence-electron chi connectivity index (χ4n) is 3.66. The molecule has 0 saturated carbocycles. The third-order valence-electron chi connectivity index (χ3n) is 5.34. The number of benzene rings is 2. The highest BCUT2D eigenvalue weighted by Crippen LogP contribution is 2.34. The number of nitrogens with zero attached hydrogens (tertiary/aromatic N) is 1. The molecule has 0 aliphatic carbocycles. The van der Waals surface area contributed by atoms with Crippen LogP contribution in [0.3, 0.4) is 0 Å². The predicted octanol–water partition coefficient (Wildman–Crippen LogP) is 3.48. The van der Waals surface area contributed by atoms with Gasteiger partial charge in [0.05, 0.1) is 25.9 Å². The Bertz CT molecular complexity index is 922. The van der Waals surface area contributed by atoms with Crippen LogP contribution < -0.4 is 5.32 Å². The van der Waals surface area contributed by atoms with Crippen molar-refractivity contribution in [1.29, 1.82) is 0 Å². The molecule has 8 heteroatoms. The molecular weight excluding hydrogens is 406 g/mol. The zero-order valence-corrected chi connectivity index (χ0v) is 17.3. The van der Waals surface area contributed by atoms with Crippen LogP contribution in [-0.4, -0.2) is 41.2 Å². The third-order valence-corrected chi connectivity index (χ3v) is 5.34. The molecule has 0 radical (unpaired) electrons. The van der Waals surface area contributed by atoms with Crippen LogP contribution in [0.4, 0.5) is 13.6 Å². The molecule has 2 aromatic carbocycles. The monoisotopic (exact) mass is 432 g/mol. The summed E-state index contributed by atoms with van der Waals surface area (Å²) in [4.78, 5) is 26.8. The minimum Gasteiger partial charge on any atom is -0.389 e. The fourth-order valence-corrected chi connectivity index (χ4v) is 3.66. The van der Waals surface area contributed by atoms with E-state index in [-0.39, 0.29) is 19.8 Å². The van der Waals surface area contributed by atoms with E-state index in [2.05, 4.69) is 5.32 Å². The van der Waals surface area contributed by atoms with Gasteiger partial charge in [-0.2, -0.15) is 0 Å². The molecule has 1 saturated heterocycles. The lowest BCUT2D eigenvalue weighted by Crippen LogP contribution is -2.45. The van der Waals surface area contributed by atoms with Gasteiger partial charge in [-0.25, -0.2) is 13.6 Å². The third kappa shape index (κ3) is 5.08. The molecular formula is C23H26F2N2O4. The summed E-state index contributed by atoms with van der Waals surface area (Å²) in [7, 11) is 0. The number of imide groups is 1. The molecule has 0 bridgehead atoms. The lowest BCUT2D eigenvalue weighted by atomic mass is 9.84. The first kappa shape index (κ1) is 22.8. The van der Waals surface area contributed by atoms with Gasteiger partial charge in [0.15, 0.2) is 0 Å². The van der Waals surface area contributed by atoms with E-state index in [1.54, 1.807) is 18.2 Å². The van der Waals surface area contributed by atoms with E-state index in [0.29, 0.717) is 24.0 Å². The highest BCUT2D eigenvalue weighted by Gasteiger charge is 2.52. The molecule has 6 nitrogen and oxygen atoms in total. The summed E-state index contributed by atoms with van der Waals surface area (Å²) in [6, 6.07) is 11.0. The topological polar surface area (TPSA) is 78.9 Å². The Labute approximate surface area is 179 Å². The van der Waals surface area contributed by atoms with E-state index in [4.69, 9.17) is 4.74 Å². The maximum absolute atomic E-state index is 13.6. The first-order valence-electron chi connectivity index (χ1n) is 10.3. The first-order valence-corrected chi connectivity index (χ1v) is 10.3. The number of aliphatic hydroxyl groups is 1. The maximum Gasteiger partial charge on any atom is 0.325 e. The van der Waals surface area contributed by atoms with Gasteiger partial charge in [0.2, 0.25) is 0 Å². The van der Waals surface area contributed by atoms with Crippen molar-refractivity contribution in [2.24, 2.45) is 0 Å². The number of ether oxygens (including phenoxy) is 1. The van der Waals surface area contributed by atoms with Crippen molar-refractivity contribution in [3.05, 3.63) is 71.3 Å². The number of carbonyl (C=O) groups excluding carboxylic acids is 2. The van der Waals surface area contributed by atoms with Gasteiger partial charge in [0.25, 0.3) is 5.91 Å². The van der Waals surface area contributed by atoms with E-state index in [1.807, 2.05) is 6.92 Å². The predicted molar refractivity (Wildman–Crippen MR) is 110 cm³/mol. The lowest BCUT2D eigenvalue weighted by Gasteiger charge is -2.27. The number of halogens is 2. The average Bonchev–Trinajstić information content (AvgIpc) is 2.99. The number of rotatable bonds is 10. The number of urea groups is 1. The number of hydrogen-bond donors (Lipinski definition) is 2. The van der Waals surface area contributed by atoms with Gasteiger partial charge in [0, 0.05) is 5.56 Å². The molecule has 2 atom stereocenters. The van der Waals surface area contributed by atoms with Crippen LogP contribution in [0.15, 0.2) is 48.5 Å². The molecule has 166 valence electrons. The van der Waals surface area contributed by atoms with Gasteiger partial charge in [-0.1, -0.05) is 50.1 Å². The Morgan fingerprint density at radius 1 is 1.13 bits per heavy atom. The number of unbranched alkanes of at least 4 members (excludes halogenated alkanes) is 1. The minimum atomic E-state index is -1.30. The van der Waals surface area contributed by atoms with E-state index in [1.165, 1.54) is 30.3 Å². The van der Waals surface area contributed by atoms with Crippen LogP contribution in [0.5, 0.6) is 0 Å². The highest BCUT2D eigenvalue weighted by molar-refractivity contribution is 6.07. The molecule has 1 heterocycles. The number of hydrogen-bond acceptors (Lipinski definition) is 4. The Morgan fingerprint density at radius 3 is 2.52 bits per heavy atom. The van der Waals surface area contributed by atoms with E-state index < -0.39 is 35.2 Å². The summed E-state index contributed by atoms with van der Waals surface area (Å²) in [5, 5.41) is 13.0. The summed E-state index contributed by atoms with van der Waals surface area (Å²) in [5.74, 6) is -1.35. The van der Waals surface area contributed by atoms with Gasteiger partial charge in [0.1, 0.15) is 17.2 Å². The maximum atomic E-state index is 13.6. The normalized spacial score (nSPS) is 19.5. The van der Waals surface area contributed by atoms with Gasteiger partial charge < -0.3 is 15.2 Å². The zero-order valence-electron chi connectivity index (χ0n) is 17.3. The van der Waals surface area contributed by atoms with Crippen molar-refractivity contribution in [2.75, 3.05) is 13.2 Å². The molecule has 31 heavy (non-hydrogen) atoms. The van der Waals surface area contributed by atoms with Crippen molar-refractivity contribution >= 4 is 11.9 Å². The molecule has 0 aromatic heterocycles. The Morgan fingerprint density at radius 2 is 1.84 bits per heavy atom. The quantitative estimate of drug-likeness (QED) is 0.564. The summed E-state index contributed by atoms with van der Waals surface area (Å²) in [6.07, 6.45) is 0.692. The SMILES string of the molecule is CCCCC1(c2ccc(F)cc2)NC(=O)N(CC(O)COCc2ccccc2F)C1=O. The first-order chi connectivity index (χ1) is 14.9. The summed E-state index contributed by atoms with van der Waals surface area (Å²) in [6.45, 7) is 1.48. The minimum absolute atomic E-state index is 0.0418. The Kier molecular flexibility index (Phi) is 7.35. The lowest BCUT2D eigenvalue weighted by molar-refractivity contribution is -0.133. The zero-order chi connectivity index (χ0) is 22.4. The van der Waals surface area contributed by atoms with Crippen LogP contribution in [-0.2, 0) is 21.7 Å². The van der Waals surface area contributed by atoms with E-state index >= 15 is 0 Å². The average molecular weight is 432 g/mol. The van der Waals surface area contributed by atoms with E-state index in [0.717, 1.165) is 11.3 Å². The van der Waals surface area contributed by atoms with Gasteiger partial charge >= 0.3 is 6.03 Å². The molecule has 2 unspecified atom stereocenters. The number of β-amino-alcohol motifs (C(OH)–C–C–N with tert-alkyl or cyclic N) is 1. The molecule has 2 N–H and O–H groups in total. The van der Waals surface area contributed by atoms with Crippen molar-refractivity contribution in [3.63, 3.8) is 0 Å². The van der Waals surface area contributed by atoms with Crippen LogP contribution in [0.1, 0.15) is 37.3 Å². The smallest absolute Gasteiger partial charge is 0.325 e. The molecule has 3 amide bonds. The van der Waals surface area contributed by atoms with Crippen molar-refractivity contribution in [3.8, 4) is 0 Å². The van der Waals surface area contributed by atoms with E-state index in [9.17, 15) is 23.5 Å². The van der Waals surface area contributed by atoms with Crippen molar-refractivity contribution in [1.82, 2.24) is 10.2 Å². The molecule has 0 spiro atoms. The summed E-state index contributed by atoms with van der Waals surface area (Å²) >= 11 is 0. The van der Waals surface area contributed by atoms with Crippen LogP contribution >= 0.6 is 0 Å². The Hall–Kier alpha value is -2.84. The van der Waals surface area contributed by atoms with Crippen molar-refractivity contribution in [2.45, 2.75) is 44.4 Å². The van der Waals surface area contributed by atoms with Gasteiger partial charge in [-0.3, -0.25) is 9.69 Å². The van der Waals surface area contributed by atoms with Crippen LogP contribution in [0.25, 0.3) is 0 Å². The number of amides is 3. The molecule has 3 rings (SSSR count). The standard InChI is InChI=1S/C23H26F2N2O4/c1-2-3-12-23(17-8-10-18(24)11-9-17)21(29)27(22(30)26-23)13-19(28)15-31-14-16-6-4-5-7-20(16)25/h4-11,19,28H,2-3,12-15H2,1H3,(H,26,30). The molecule has 1 fully saturated rings.